The minimum absolute atomic E-state index is 0.210. The van der Waals surface area contributed by atoms with Crippen molar-refractivity contribution in [1.82, 2.24) is 8.61 Å². The van der Waals surface area contributed by atoms with Gasteiger partial charge in [-0.15, -0.1) is 0 Å². The number of hydrogen-bond acceptors (Lipinski definition) is 5. The van der Waals surface area contributed by atoms with Crippen molar-refractivity contribution in [3.05, 3.63) is 52.5 Å². The second-order valence-corrected chi connectivity index (χ2v) is 9.57. The number of hydrogen-bond donors (Lipinski definition) is 1. The minimum atomic E-state index is -3.79. The highest BCUT2D eigenvalue weighted by molar-refractivity contribution is 7.86. The second kappa shape index (κ2) is 9.86. The highest BCUT2D eigenvalue weighted by Crippen LogP contribution is 2.31. The average molecular weight is 468 g/mol. The van der Waals surface area contributed by atoms with E-state index in [-0.39, 0.29) is 19.6 Å². The normalized spacial score (nSPS) is 16.6. The molecule has 2 aromatic carbocycles. The molecule has 8 nitrogen and oxygen atoms in total. The molecule has 10 heteroatoms. The van der Waals surface area contributed by atoms with Gasteiger partial charge in [-0.25, -0.2) is 0 Å². The lowest BCUT2D eigenvalue weighted by molar-refractivity contribution is -0.116. The Morgan fingerprint density at radius 2 is 1.87 bits per heavy atom. The first-order valence-electron chi connectivity index (χ1n) is 9.76. The highest BCUT2D eigenvalue weighted by atomic mass is 35.5. The van der Waals surface area contributed by atoms with Crippen molar-refractivity contribution in [2.45, 2.75) is 19.9 Å². The lowest BCUT2D eigenvalue weighted by Gasteiger charge is -2.34. The van der Waals surface area contributed by atoms with E-state index in [1.54, 1.807) is 31.4 Å². The number of benzene rings is 2. The van der Waals surface area contributed by atoms with Crippen molar-refractivity contribution in [3.63, 3.8) is 0 Å². The summed E-state index contributed by atoms with van der Waals surface area (Å²) in [5.41, 5.74) is 2.03. The zero-order chi connectivity index (χ0) is 22.6. The van der Waals surface area contributed by atoms with Gasteiger partial charge in [0.25, 0.3) is 10.2 Å². The van der Waals surface area contributed by atoms with E-state index in [9.17, 15) is 13.2 Å². The molecule has 0 aromatic heterocycles. The molecule has 1 fully saturated rings. The van der Waals surface area contributed by atoms with E-state index in [4.69, 9.17) is 21.1 Å². The van der Waals surface area contributed by atoms with Gasteiger partial charge in [0.2, 0.25) is 5.91 Å². The van der Waals surface area contributed by atoms with Crippen molar-refractivity contribution >= 4 is 33.4 Å². The summed E-state index contributed by atoms with van der Waals surface area (Å²) in [5, 5.41) is 3.25. The Balaban J connectivity index is 1.71. The van der Waals surface area contributed by atoms with E-state index in [1.807, 2.05) is 19.1 Å². The Morgan fingerprint density at radius 1 is 1.13 bits per heavy atom. The van der Waals surface area contributed by atoms with E-state index in [0.717, 1.165) is 11.1 Å². The second-order valence-electron chi connectivity index (χ2n) is 7.23. The van der Waals surface area contributed by atoms with Gasteiger partial charge in [0, 0.05) is 30.7 Å². The highest BCUT2D eigenvalue weighted by Gasteiger charge is 2.34. The third-order valence-corrected chi connectivity index (χ3v) is 7.37. The predicted molar refractivity (Wildman–Crippen MR) is 120 cm³/mol. The van der Waals surface area contributed by atoms with Crippen molar-refractivity contribution in [2.75, 3.05) is 39.2 Å². The Labute approximate surface area is 187 Å². The van der Waals surface area contributed by atoms with Crippen LogP contribution in [0.2, 0.25) is 5.02 Å². The fourth-order valence-corrected chi connectivity index (χ4v) is 5.19. The summed E-state index contributed by atoms with van der Waals surface area (Å²) in [6.45, 7) is 2.40. The molecule has 0 spiro atoms. The molecule has 0 aliphatic carbocycles. The zero-order valence-electron chi connectivity index (χ0n) is 17.7. The van der Waals surface area contributed by atoms with Gasteiger partial charge in [-0.2, -0.15) is 17.0 Å². The van der Waals surface area contributed by atoms with Crippen LogP contribution in [0, 0.1) is 6.92 Å². The van der Waals surface area contributed by atoms with Gasteiger partial charge in [0.15, 0.2) is 0 Å². The van der Waals surface area contributed by atoms with Crippen LogP contribution in [0.1, 0.15) is 17.5 Å². The van der Waals surface area contributed by atoms with Gasteiger partial charge < -0.3 is 14.8 Å². The lowest BCUT2D eigenvalue weighted by Crippen LogP contribution is -2.51. The number of anilines is 1. The number of aryl methyl sites for hydroxylation is 1. The fourth-order valence-electron chi connectivity index (χ4n) is 3.39. The zero-order valence-corrected chi connectivity index (χ0v) is 19.3. The third-order valence-electron chi connectivity index (χ3n) is 5.04. The number of nitrogens with one attached hydrogen (secondary N) is 1. The summed E-state index contributed by atoms with van der Waals surface area (Å²) in [5.74, 6) is 0.618. The number of amides is 1. The van der Waals surface area contributed by atoms with E-state index >= 15 is 0 Å². The number of nitrogens with zero attached hydrogens (tertiary/aromatic N) is 2. The molecule has 0 saturated carbocycles. The fraction of sp³-hybridized carbons (Fsp3) is 0.381. The molecule has 0 radical (unpaired) electrons. The number of carbonyl (C=O) groups excluding carboxylic acids is 1. The maximum Gasteiger partial charge on any atom is 0.282 e. The van der Waals surface area contributed by atoms with E-state index in [2.05, 4.69) is 5.32 Å². The summed E-state index contributed by atoms with van der Waals surface area (Å²) in [4.78, 5) is 12.6. The van der Waals surface area contributed by atoms with Crippen molar-refractivity contribution < 1.29 is 22.7 Å². The van der Waals surface area contributed by atoms with Crippen molar-refractivity contribution in [2.24, 2.45) is 0 Å². The van der Waals surface area contributed by atoms with Gasteiger partial charge in [-0.1, -0.05) is 23.7 Å². The van der Waals surface area contributed by atoms with Gasteiger partial charge in [0.1, 0.15) is 11.5 Å². The van der Waals surface area contributed by atoms with Gasteiger partial charge in [-0.05, 0) is 42.7 Å². The van der Waals surface area contributed by atoms with E-state index < -0.39 is 16.1 Å². The maximum atomic E-state index is 13.1. The number of carbonyl (C=O) groups is 1. The van der Waals surface area contributed by atoms with Crippen LogP contribution < -0.4 is 14.8 Å². The molecule has 31 heavy (non-hydrogen) atoms. The molecule has 1 amide bonds. The monoisotopic (exact) mass is 467 g/mol. The molecular weight excluding hydrogens is 442 g/mol. The average Bonchev–Trinajstić information content (AvgIpc) is 2.73. The molecule has 1 saturated heterocycles. The van der Waals surface area contributed by atoms with Crippen LogP contribution >= 0.6 is 11.6 Å². The van der Waals surface area contributed by atoms with Crippen LogP contribution in [-0.4, -0.2) is 56.8 Å². The standard InChI is InChI=1S/C21H26ClN3O5S/c1-15-10-19(20(30-3)12-18(15)22)23-21(26)14-25-9-5-8-24(31(25,27)28)13-16-6-4-7-17(11-16)29-2/h4,6-7,10-12H,5,8-9,13-14H2,1-3H3,(H,23,26). The van der Waals surface area contributed by atoms with Crippen LogP contribution in [0.25, 0.3) is 0 Å². The first kappa shape index (κ1) is 23.3. The summed E-state index contributed by atoms with van der Waals surface area (Å²) in [7, 11) is -0.749. The Hall–Kier alpha value is -2.33. The lowest BCUT2D eigenvalue weighted by atomic mass is 10.2. The third kappa shape index (κ3) is 5.48. The number of halogens is 1. The predicted octanol–water partition coefficient (Wildman–Crippen LogP) is 3.06. The van der Waals surface area contributed by atoms with Crippen LogP contribution in [0.4, 0.5) is 5.69 Å². The topological polar surface area (TPSA) is 88.2 Å². The number of ether oxygens (including phenoxy) is 2. The van der Waals surface area contributed by atoms with Crippen molar-refractivity contribution in [1.29, 1.82) is 0 Å². The molecule has 0 unspecified atom stereocenters. The molecule has 1 heterocycles. The summed E-state index contributed by atoms with van der Waals surface area (Å²) >= 11 is 6.10. The van der Waals surface area contributed by atoms with Gasteiger partial charge in [0.05, 0.1) is 26.5 Å². The minimum Gasteiger partial charge on any atom is -0.497 e. The quantitative estimate of drug-likeness (QED) is 0.676. The smallest absolute Gasteiger partial charge is 0.282 e. The Morgan fingerprint density at radius 3 is 2.58 bits per heavy atom. The van der Waals surface area contributed by atoms with Crippen LogP contribution in [0.15, 0.2) is 36.4 Å². The van der Waals surface area contributed by atoms with Crippen LogP contribution in [-0.2, 0) is 21.5 Å². The van der Waals surface area contributed by atoms with Crippen LogP contribution in [0.3, 0.4) is 0 Å². The molecule has 1 aliphatic rings. The molecule has 1 N–H and O–H groups in total. The first-order valence-corrected chi connectivity index (χ1v) is 11.5. The Bertz CT molecular complexity index is 1060. The Kier molecular flexibility index (Phi) is 7.42. The molecule has 1 aliphatic heterocycles. The van der Waals surface area contributed by atoms with Crippen molar-refractivity contribution in [3.8, 4) is 11.5 Å². The summed E-state index contributed by atoms with van der Waals surface area (Å²) in [6.07, 6.45) is 0.625. The largest absolute Gasteiger partial charge is 0.497 e. The molecular formula is C21H26ClN3O5S. The summed E-state index contributed by atoms with van der Waals surface area (Å²) in [6, 6.07) is 10.6. The van der Waals surface area contributed by atoms with Gasteiger partial charge in [-0.3, -0.25) is 4.79 Å². The van der Waals surface area contributed by atoms with E-state index in [1.165, 1.54) is 15.7 Å². The molecule has 3 rings (SSSR count). The number of rotatable bonds is 7. The van der Waals surface area contributed by atoms with Gasteiger partial charge >= 0.3 is 0 Å². The molecule has 168 valence electrons. The number of methoxy groups -OCH3 is 2. The SMILES string of the molecule is COc1cccc(CN2CCCN(CC(=O)Nc3cc(C)c(Cl)cc3OC)S2(=O)=O)c1. The summed E-state index contributed by atoms with van der Waals surface area (Å²) < 4.78 is 39.2. The first-order chi connectivity index (χ1) is 14.7. The maximum absolute atomic E-state index is 13.1. The molecule has 0 bridgehead atoms. The molecule has 2 aromatic rings. The molecule has 0 atom stereocenters. The van der Waals surface area contributed by atoms with Crippen LogP contribution in [0.5, 0.6) is 11.5 Å². The van der Waals surface area contributed by atoms with E-state index in [0.29, 0.717) is 35.2 Å².